The Morgan fingerprint density at radius 3 is 1.84 bits per heavy atom. The van der Waals surface area contributed by atoms with E-state index in [1.165, 1.54) is 36.0 Å². The maximum absolute atomic E-state index is 13.0. The molecule has 2 N–H and O–H groups in total. The second-order valence-corrected chi connectivity index (χ2v) is 9.34. The van der Waals surface area contributed by atoms with E-state index in [1.807, 2.05) is 12.1 Å². The van der Waals surface area contributed by atoms with Crippen LogP contribution in [0.2, 0.25) is 0 Å². The van der Waals surface area contributed by atoms with E-state index in [9.17, 15) is 9.18 Å². The molecule has 2 aromatic carbocycles. The fraction of sp³-hybridized carbons (Fsp3) is 0.536. The third-order valence-electron chi connectivity index (χ3n) is 5.16. The number of aryl methyl sites for hydroxylation is 1. The second-order valence-electron chi connectivity index (χ2n) is 9.34. The average molecular weight is 443 g/mol. The number of hydrogen-bond acceptors (Lipinski definition) is 2. The maximum atomic E-state index is 13.0. The summed E-state index contributed by atoms with van der Waals surface area (Å²) in [6.45, 7) is 13.3. The van der Waals surface area contributed by atoms with Crippen molar-refractivity contribution in [3.63, 3.8) is 0 Å². The highest BCUT2D eigenvalue weighted by atomic mass is 19.1. The van der Waals surface area contributed by atoms with Crippen molar-refractivity contribution in [3.8, 4) is 0 Å². The Morgan fingerprint density at radius 2 is 1.41 bits per heavy atom. The largest absolute Gasteiger partial charge is 0.369 e. The van der Waals surface area contributed by atoms with E-state index in [0.717, 1.165) is 31.8 Å². The lowest BCUT2D eigenvalue weighted by Crippen LogP contribution is -2.37. The van der Waals surface area contributed by atoms with Gasteiger partial charge in [-0.1, -0.05) is 82.5 Å². The Balaban J connectivity index is 0.000000307. The van der Waals surface area contributed by atoms with E-state index >= 15 is 0 Å². The molecular formula is C28H43FN2O. The van der Waals surface area contributed by atoms with Crippen LogP contribution in [0.4, 0.5) is 4.39 Å². The quantitative estimate of drug-likeness (QED) is 0.542. The van der Waals surface area contributed by atoms with Crippen LogP contribution in [0.5, 0.6) is 0 Å². The van der Waals surface area contributed by atoms with Gasteiger partial charge in [0.05, 0.1) is 6.54 Å². The van der Waals surface area contributed by atoms with Gasteiger partial charge in [0.2, 0.25) is 5.91 Å². The molecule has 1 saturated heterocycles. The first-order chi connectivity index (χ1) is 15.2. The fourth-order valence-corrected chi connectivity index (χ4v) is 3.65. The summed E-state index contributed by atoms with van der Waals surface area (Å²) in [5, 5.41) is 0. The van der Waals surface area contributed by atoms with Gasteiger partial charge in [0.1, 0.15) is 5.82 Å². The van der Waals surface area contributed by atoms with Crippen LogP contribution >= 0.6 is 0 Å². The number of halogens is 1. The Morgan fingerprint density at radius 1 is 0.938 bits per heavy atom. The molecule has 1 heterocycles. The number of carbonyl (C=O) groups is 1. The number of likely N-dealkylation sites (tertiary alicyclic amines) is 1. The molecule has 1 amide bonds. The first-order valence-electron chi connectivity index (χ1n) is 12.1. The molecule has 0 spiro atoms. The van der Waals surface area contributed by atoms with Gasteiger partial charge in [-0.3, -0.25) is 9.69 Å². The van der Waals surface area contributed by atoms with Crippen molar-refractivity contribution in [1.29, 1.82) is 0 Å². The topological polar surface area (TPSA) is 46.3 Å². The van der Waals surface area contributed by atoms with Gasteiger partial charge in [0.15, 0.2) is 0 Å². The minimum atomic E-state index is -0.207. The molecule has 32 heavy (non-hydrogen) atoms. The van der Waals surface area contributed by atoms with Crippen molar-refractivity contribution in [2.75, 3.05) is 19.6 Å². The molecule has 1 atom stereocenters. The highest BCUT2D eigenvalue weighted by Gasteiger charge is 2.13. The SMILES string of the molecule is CC(C)C.CCCC(c1ccc(C)cc1)c1ccc(F)cc1.NC(=O)CN1CCCCC1. The van der Waals surface area contributed by atoms with Crippen molar-refractivity contribution in [2.45, 2.75) is 72.6 Å². The van der Waals surface area contributed by atoms with Gasteiger partial charge in [-0.2, -0.15) is 0 Å². The molecule has 2 aromatic rings. The van der Waals surface area contributed by atoms with Crippen LogP contribution < -0.4 is 5.73 Å². The van der Waals surface area contributed by atoms with Crippen LogP contribution in [0.3, 0.4) is 0 Å². The Bertz CT molecular complexity index is 702. The van der Waals surface area contributed by atoms with E-state index in [-0.39, 0.29) is 11.7 Å². The van der Waals surface area contributed by atoms with Crippen molar-refractivity contribution in [3.05, 3.63) is 71.0 Å². The highest BCUT2D eigenvalue weighted by molar-refractivity contribution is 5.75. The molecule has 1 aliphatic rings. The first kappa shape index (κ1) is 27.8. The summed E-state index contributed by atoms with van der Waals surface area (Å²) < 4.78 is 13.0. The van der Waals surface area contributed by atoms with Gasteiger partial charge in [-0.25, -0.2) is 4.39 Å². The molecule has 0 radical (unpaired) electrons. The lowest BCUT2D eigenvalue weighted by atomic mass is 9.87. The number of amides is 1. The standard InChI is InChI=1S/C17H19F.C7H14N2O.C4H10/c1-3-4-17(14-7-5-13(2)6-8-14)15-9-11-16(18)12-10-15;8-7(10)6-9-4-2-1-3-5-9;1-4(2)3/h5-12,17H,3-4H2,1-2H3;1-6H2,(H2,8,10);4H,1-3H3. The molecule has 0 saturated carbocycles. The number of primary amides is 1. The molecule has 3 nitrogen and oxygen atoms in total. The van der Waals surface area contributed by atoms with E-state index in [2.05, 4.69) is 63.8 Å². The number of benzene rings is 2. The van der Waals surface area contributed by atoms with Gasteiger partial charge in [-0.05, 0) is 68.5 Å². The Labute approximate surface area is 195 Å². The zero-order valence-corrected chi connectivity index (χ0v) is 20.7. The predicted octanol–water partition coefficient (Wildman–Crippen LogP) is 6.69. The predicted molar refractivity (Wildman–Crippen MR) is 134 cm³/mol. The van der Waals surface area contributed by atoms with Crippen LogP contribution in [0.25, 0.3) is 0 Å². The van der Waals surface area contributed by atoms with Gasteiger partial charge < -0.3 is 5.73 Å². The minimum Gasteiger partial charge on any atom is -0.369 e. The fourth-order valence-electron chi connectivity index (χ4n) is 3.65. The maximum Gasteiger partial charge on any atom is 0.231 e. The molecule has 0 aliphatic carbocycles. The molecular weight excluding hydrogens is 399 g/mol. The average Bonchev–Trinajstić information content (AvgIpc) is 2.74. The summed E-state index contributed by atoms with van der Waals surface area (Å²) in [7, 11) is 0. The first-order valence-corrected chi connectivity index (χ1v) is 12.1. The second kappa shape index (κ2) is 15.6. The lowest BCUT2D eigenvalue weighted by Gasteiger charge is -2.24. The van der Waals surface area contributed by atoms with Crippen molar-refractivity contribution < 1.29 is 9.18 Å². The number of hydrogen-bond donors (Lipinski definition) is 1. The van der Waals surface area contributed by atoms with E-state index in [1.54, 1.807) is 12.1 Å². The van der Waals surface area contributed by atoms with Crippen molar-refractivity contribution >= 4 is 5.91 Å². The normalized spacial score (nSPS) is 14.6. The van der Waals surface area contributed by atoms with E-state index in [4.69, 9.17) is 5.73 Å². The summed E-state index contributed by atoms with van der Waals surface area (Å²) in [4.78, 5) is 12.6. The van der Waals surface area contributed by atoms with E-state index < -0.39 is 0 Å². The highest BCUT2D eigenvalue weighted by Crippen LogP contribution is 2.29. The van der Waals surface area contributed by atoms with Crippen LogP contribution in [0.1, 0.15) is 82.4 Å². The van der Waals surface area contributed by atoms with Gasteiger partial charge in [-0.15, -0.1) is 0 Å². The van der Waals surface area contributed by atoms with Gasteiger partial charge in [0, 0.05) is 5.92 Å². The third-order valence-corrected chi connectivity index (χ3v) is 5.16. The lowest BCUT2D eigenvalue weighted by molar-refractivity contribution is -0.119. The summed E-state index contributed by atoms with van der Waals surface area (Å²) in [5.41, 5.74) is 8.82. The third kappa shape index (κ3) is 12.0. The summed E-state index contributed by atoms with van der Waals surface area (Å²) >= 11 is 0. The molecule has 0 bridgehead atoms. The number of carbonyl (C=O) groups excluding carboxylic acids is 1. The van der Waals surface area contributed by atoms with Crippen molar-refractivity contribution in [1.82, 2.24) is 4.90 Å². The van der Waals surface area contributed by atoms with E-state index in [0.29, 0.717) is 12.5 Å². The van der Waals surface area contributed by atoms with Crippen LogP contribution in [-0.2, 0) is 4.79 Å². The molecule has 1 fully saturated rings. The zero-order valence-electron chi connectivity index (χ0n) is 20.7. The monoisotopic (exact) mass is 442 g/mol. The number of rotatable bonds is 6. The number of nitrogens with two attached hydrogens (primary N) is 1. The molecule has 1 aliphatic heterocycles. The summed E-state index contributed by atoms with van der Waals surface area (Å²) in [6, 6.07) is 15.5. The Hall–Kier alpha value is -2.20. The molecule has 1 unspecified atom stereocenters. The van der Waals surface area contributed by atoms with Crippen LogP contribution in [0.15, 0.2) is 48.5 Å². The zero-order chi connectivity index (χ0) is 23.9. The molecule has 4 heteroatoms. The van der Waals surface area contributed by atoms with Crippen LogP contribution in [0, 0.1) is 18.7 Å². The van der Waals surface area contributed by atoms with Gasteiger partial charge >= 0.3 is 0 Å². The Kier molecular flexibility index (Phi) is 13.5. The number of nitrogens with zero attached hydrogens (tertiary/aromatic N) is 1. The smallest absolute Gasteiger partial charge is 0.231 e. The van der Waals surface area contributed by atoms with Crippen LogP contribution in [-0.4, -0.2) is 30.4 Å². The molecule has 3 rings (SSSR count). The molecule has 178 valence electrons. The summed E-state index contributed by atoms with van der Waals surface area (Å²) in [6.07, 6.45) is 5.94. The van der Waals surface area contributed by atoms with Gasteiger partial charge in [0.25, 0.3) is 0 Å². The van der Waals surface area contributed by atoms with Crippen molar-refractivity contribution in [2.24, 2.45) is 11.7 Å². The summed E-state index contributed by atoms with van der Waals surface area (Å²) in [5.74, 6) is 0.830. The minimum absolute atomic E-state index is 0.169. The number of piperidine rings is 1. The molecule has 0 aromatic heterocycles.